The van der Waals surface area contributed by atoms with Gasteiger partial charge in [0.1, 0.15) is 6.10 Å². The largest absolute Gasteiger partial charge is 0.418 e. The van der Waals surface area contributed by atoms with Crippen LogP contribution >= 0.6 is 0 Å². The quantitative estimate of drug-likeness (QED) is 0.507. The Labute approximate surface area is 93.7 Å². The number of H-pyrrole nitrogens is 1. The Morgan fingerprint density at radius 2 is 2.24 bits per heavy atom. The van der Waals surface area contributed by atoms with E-state index >= 15 is 0 Å². The van der Waals surface area contributed by atoms with Crippen molar-refractivity contribution in [3.63, 3.8) is 0 Å². The van der Waals surface area contributed by atoms with Crippen LogP contribution in [0, 0.1) is 0 Å². The number of nitrogens with two attached hydrogens (primary N) is 1. The molecule has 0 bridgehead atoms. The summed E-state index contributed by atoms with van der Waals surface area (Å²) >= 11 is 0. The molecule has 2 aromatic heterocycles. The number of aromatic amines is 1. The highest BCUT2D eigenvalue weighted by Crippen LogP contribution is 2.19. The Bertz CT molecular complexity index is 616. The third-order valence-electron chi connectivity index (χ3n) is 2.23. The van der Waals surface area contributed by atoms with Gasteiger partial charge < -0.3 is 20.4 Å². The van der Waals surface area contributed by atoms with Crippen LogP contribution in [-0.2, 0) is 4.79 Å². The summed E-state index contributed by atoms with van der Waals surface area (Å²) in [6.45, 7) is 0. The minimum Gasteiger partial charge on any atom is -0.406 e. The molecule has 2 rings (SSSR count). The monoisotopic (exact) mass is 239 g/mol. The van der Waals surface area contributed by atoms with E-state index in [0.29, 0.717) is 0 Å². The third kappa shape index (κ3) is 2.03. The molecule has 5 N–H and O–H groups in total. The lowest BCUT2D eigenvalue weighted by Gasteiger charge is -2.14. The van der Waals surface area contributed by atoms with E-state index in [1.54, 1.807) is 0 Å². The predicted molar refractivity (Wildman–Crippen MR) is 54.8 cm³/mol. The van der Waals surface area contributed by atoms with Gasteiger partial charge in [0.2, 0.25) is 5.91 Å². The molecule has 0 aliphatic rings. The highest BCUT2D eigenvalue weighted by atomic mass is 16.4. The number of carbonyl (C=O) groups excluding carboxylic acids is 1. The van der Waals surface area contributed by atoms with Gasteiger partial charge in [-0.25, -0.2) is 9.78 Å². The molecule has 2 unspecified atom stereocenters. The molecule has 2 aromatic rings. The van der Waals surface area contributed by atoms with Gasteiger partial charge in [-0.05, 0) is 6.07 Å². The minimum atomic E-state index is -1.75. The Balaban J connectivity index is 2.42. The number of aromatic nitrogens is 2. The molecule has 0 aromatic carbocycles. The summed E-state index contributed by atoms with van der Waals surface area (Å²) in [6, 6.07) is 1.29. The van der Waals surface area contributed by atoms with Crippen LogP contribution in [0.5, 0.6) is 0 Å². The molecule has 0 aliphatic heterocycles. The van der Waals surface area contributed by atoms with E-state index in [2.05, 4.69) is 9.97 Å². The molecule has 0 fully saturated rings. The summed E-state index contributed by atoms with van der Waals surface area (Å²) in [4.78, 5) is 27.7. The van der Waals surface area contributed by atoms with Crippen LogP contribution in [0.1, 0.15) is 11.7 Å². The summed E-state index contributed by atoms with van der Waals surface area (Å²) in [5.41, 5.74) is 5.28. The maximum Gasteiger partial charge on any atom is 0.418 e. The van der Waals surface area contributed by atoms with Crippen LogP contribution < -0.4 is 11.5 Å². The first-order valence-corrected chi connectivity index (χ1v) is 4.63. The predicted octanol–water partition coefficient (Wildman–Crippen LogP) is -1.60. The van der Waals surface area contributed by atoms with Gasteiger partial charge in [0, 0.05) is 11.8 Å². The van der Waals surface area contributed by atoms with Crippen LogP contribution in [0.4, 0.5) is 0 Å². The molecule has 8 nitrogen and oxygen atoms in total. The van der Waals surface area contributed by atoms with Crippen molar-refractivity contribution in [3.05, 3.63) is 28.4 Å². The molecule has 0 aliphatic carbocycles. The Hall–Kier alpha value is -2.19. The summed E-state index contributed by atoms with van der Waals surface area (Å²) in [7, 11) is 0. The number of carbonyl (C=O) groups is 1. The van der Waals surface area contributed by atoms with Crippen molar-refractivity contribution < 1.29 is 19.4 Å². The van der Waals surface area contributed by atoms with Crippen LogP contribution in [0.25, 0.3) is 11.2 Å². The van der Waals surface area contributed by atoms with E-state index in [9.17, 15) is 19.8 Å². The first kappa shape index (κ1) is 11.3. The lowest BCUT2D eigenvalue weighted by Crippen LogP contribution is -2.33. The molecule has 0 saturated heterocycles. The summed E-state index contributed by atoms with van der Waals surface area (Å²) < 4.78 is 4.72. The molecule has 17 heavy (non-hydrogen) atoms. The average molecular weight is 239 g/mol. The first-order chi connectivity index (χ1) is 7.99. The van der Waals surface area contributed by atoms with Gasteiger partial charge in [0.15, 0.2) is 17.3 Å². The number of oxazole rings is 1. The van der Waals surface area contributed by atoms with Crippen molar-refractivity contribution in [2.24, 2.45) is 5.73 Å². The molecule has 90 valence electrons. The SMILES string of the molecule is NC(=O)C(O)C(O)c1cnc2[nH]c(=O)oc2c1. The van der Waals surface area contributed by atoms with Crippen molar-refractivity contribution >= 4 is 17.1 Å². The zero-order valence-electron chi connectivity index (χ0n) is 8.45. The number of fused-ring (bicyclic) bond motifs is 1. The lowest BCUT2D eigenvalue weighted by atomic mass is 10.1. The number of nitrogens with zero attached hydrogens (tertiary/aromatic N) is 1. The van der Waals surface area contributed by atoms with Crippen LogP contribution in [-0.4, -0.2) is 32.2 Å². The molecule has 0 saturated carbocycles. The van der Waals surface area contributed by atoms with E-state index < -0.39 is 23.9 Å². The number of pyridine rings is 1. The van der Waals surface area contributed by atoms with Gasteiger partial charge in [-0.1, -0.05) is 0 Å². The molecule has 0 radical (unpaired) electrons. The molecular formula is C9H9N3O5. The van der Waals surface area contributed by atoms with Gasteiger partial charge in [0.25, 0.3) is 0 Å². The number of rotatable bonds is 3. The number of aliphatic hydroxyl groups is 2. The van der Waals surface area contributed by atoms with Crippen molar-refractivity contribution in [1.82, 2.24) is 9.97 Å². The van der Waals surface area contributed by atoms with Gasteiger partial charge in [0.05, 0.1) is 0 Å². The zero-order chi connectivity index (χ0) is 12.6. The standard InChI is InChI=1S/C9H9N3O5/c10-7(15)6(14)5(13)3-1-4-8(11-2-3)12-9(16)17-4/h1-2,5-6,13-14H,(H2,10,15)(H,11,12,16). The molecule has 0 spiro atoms. The molecule has 8 heteroatoms. The fourth-order valence-corrected chi connectivity index (χ4v) is 1.35. The second kappa shape index (κ2) is 4.00. The summed E-state index contributed by atoms with van der Waals surface area (Å²) in [5.74, 6) is -1.75. The van der Waals surface area contributed by atoms with E-state index in [4.69, 9.17) is 10.2 Å². The second-order valence-electron chi connectivity index (χ2n) is 3.42. The van der Waals surface area contributed by atoms with Gasteiger partial charge in [-0.3, -0.25) is 9.78 Å². The van der Waals surface area contributed by atoms with Crippen molar-refractivity contribution in [1.29, 1.82) is 0 Å². The fraction of sp³-hybridized carbons (Fsp3) is 0.222. The number of hydrogen-bond donors (Lipinski definition) is 4. The smallest absolute Gasteiger partial charge is 0.406 e. The van der Waals surface area contributed by atoms with E-state index in [1.807, 2.05) is 0 Å². The van der Waals surface area contributed by atoms with Gasteiger partial charge in [-0.2, -0.15) is 0 Å². The highest BCUT2D eigenvalue weighted by molar-refractivity contribution is 5.79. The van der Waals surface area contributed by atoms with Crippen LogP contribution in [0.3, 0.4) is 0 Å². The number of aliphatic hydroxyl groups excluding tert-OH is 2. The van der Waals surface area contributed by atoms with Crippen molar-refractivity contribution in [3.8, 4) is 0 Å². The Morgan fingerprint density at radius 3 is 2.88 bits per heavy atom. The molecule has 2 heterocycles. The normalized spacial score (nSPS) is 14.7. The number of nitrogens with one attached hydrogen (secondary N) is 1. The topological polar surface area (TPSA) is 142 Å². The van der Waals surface area contributed by atoms with Crippen molar-refractivity contribution in [2.75, 3.05) is 0 Å². The molecular weight excluding hydrogens is 230 g/mol. The number of hydrogen-bond acceptors (Lipinski definition) is 6. The summed E-state index contributed by atoms with van der Waals surface area (Å²) in [5, 5.41) is 18.9. The fourth-order valence-electron chi connectivity index (χ4n) is 1.35. The van der Waals surface area contributed by atoms with E-state index in [1.165, 1.54) is 12.3 Å². The maximum atomic E-state index is 10.9. The van der Waals surface area contributed by atoms with Crippen LogP contribution in [0.2, 0.25) is 0 Å². The number of primary amides is 1. The van der Waals surface area contributed by atoms with Crippen molar-refractivity contribution in [2.45, 2.75) is 12.2 Å². The second-order valence-corrected chi connectivity index (χ2v) is 3.42. The zero-order valence-corrected chi connectivity index (χ0v) is 8.45. The van der Waals surface area contributed by atoms with E-state index in [-0.39, 0.29) is 16.8 Å². The Morgan fingerprint density at radius 1 is 1.53 bits per heavy atom. The first-order valence-electron chi connectivity index (χ1n) is 4.63. The van der Waals surface area contributed by atoms with Gasteiger partial charge >= 0.3 is 5.76 Å². The van der Waals surface area contributed by atoms with Gasteiger partial charge in [-0.15, -0.1) is 0 Å². The summed E-state index contributed by atoms with van der Waals surface area (Å²) in [6.07, 6.45) is -2.07. The molecule has 2 atom stereocenters. The van der Waals surface area contributed by atoms with E-state index in [0.717, 1.165) is 0 Å². The third-order valence-corrected chi connectivity index (χ3v) is 2.23. The van der Waals surface area contributed by atoms with Crippen LogP contribution in [0.15, 0.2) is 21.5 Å². The Kier molecular flexibility index (Phi) is 2.66. The highest BCUT2D eigenvalue weighted by Gasteiger charge is 2.24. The molecule has 1 amide bonds. The lowest BCUT2D eigenvalue weighted by molar-refractivity contribution is -0.131. The average Bonchev–Trinajstić information content (AvgIpc) is 2.65. The number of amides is 1. The minimum absolute atomic E-state index is 0.114. The maximum absolute atomic E-state index is 10.9.